The van der Waals surface area contributed by atoms with E-state index < -0.39 is 0 Å². The van der Waals surface area contributed by atoms with Crippen LogP contribution in [-0.2, 0) is 19.3 Å². The number of benzene rings is 1. The highest BCUT2D eigenvalue weighted by Crippen LogP contribution is 2.40. The van der Waals surface area contributed by atoms with Gasteiger partial charge in [-0.25, -0.2) is 4.98 Å². The molecule has 0 saturated carbocycles. The van der Waals surface area contributed by atoms with Crippen molar-refractivity contribution in [2.75, 3.05) is 7.05 Å². The Balaban J connectivity index is 1.75. The zero-order chi connectivity index (χ0) is 13.5. The standard InChI is InChI=1S/C17H21N3/c1-18-17-13-7-3-2-6-12(13)10-16(17)20-11-19-14-8-4-5-9-15(14)20/h2-3,6-7,11,16-18H,4-5,8-10H2,1H3. The van der Waals surface area contributed by atoms with Gasteiger partial charge in [-0.15, -0.1) is 0 Å². The van der Waals surface area contributed by atoms with Crippen molar-refractivity contribution in [1.29, 1.82) is 0 Å². The molecule has 2 aliphatic rings. The van der Waals surface area contributed by atoms with E-state index in [1.165, 1.54) is 41.8 Å². The van der Waals surface area contributed by atoms with Gasteiger partial charge in [-0.3, -0.25) is 0 Å². The topological polar surface area (TPSA) is 29.9 Å². The van der Waals surface area contributed by atoms with E-state index in [1.54, 1.807) is 0 Å². The maximum Gasteiger partial charge on any atom is 0.0955 e. The second kappa shape index (κ2) is 4.74. The van der Waals surface area contributed by atoms with Crippen molar-refractivity contribution in [2.24, 2.45) is 0 Å². The first-order chi connectivity index (χ1) is 9.88. The van der Waals surface area contributed by atoms with Crippen LogP contribution < -0.4 is 5.32 Å². The molecule has 20 heavy (non-hydrogen) atoms. The van der Waals surface area contributed by atoms with Crippen LogP contribution in [0.5, 0.6) is 0 Å². The van der Waals surface area contributed by atoms with Crippen LogP contribution in [-0.4, -0.2) is 16.6 Å². The molecule has 3 nitrogen and oxygen atoms in total. The summed E-state index contributed by atoms with van der Waals surface area (Å²) in [6.07, 6.45) is 8.15. The summed E-state index contributed by atoms with van der Waals surface area (Å²) < 4.78 is 2.45. The Morgan fingerprint density at radius 2 is 2.05 bits per heavy atom. The Hall–Kier alpha value is -1.61. The highest BCUT2D eigenvalue weighted by molar-refractivity contribution is 5.37. The van der Waals surface area contributed by atoms with Gasteiger partial charge in [-0.2, -0.15) is 0 Å². The molecule has 2 aromatic rings. The molecular formula is C17H21N3. The monoisotopic (exact) mass is 267 g/mol. The number of fused-ring (bicyclic) bond motifs is 2. The lowest BCUT2D eigenvalue weighted by molar-refractivity contribution is 0.389. The summed E-state index contributed by atoms with van der Waals surface area (Å²) in [6.45, 7) is 0. The van der Waals surface area contributed by atoms with Gasteiger partial charge >= 0.3 is 0 Å². The van der Waals surface area contributed by atoms with Gasteiger partial charge in [0.15, 0.2) is 0 Å². The van der Waals surface area contributed by atoms with Crippen LogP contribution in [0.1, 0.15) is 47.4 Å². The van der Waals surface area contributed by atoms with E-state index >= 15 is 0 Å². The van der Waals surface area contributed by atoms with Crippen LogP contribution in [0.2, 0.25) is 0 Å². The van der Waals surface area contributed by atoms with Crippen molar-refractivity contribution < 1.29 is 0 Å². The van der Waals surface area contributed by atoms with Crippen molar-refractivity contribution in [3.63, 3.8) is 0 Å². The van der Waals surface area contributed by atoms with Crippen molar-refractivity contribution >= 4 is 0 Å². The first-order valence-electron chi connectivity index (χ1n) is 7.68. The summed E-state index contributed by atoms with van der Waals surface area (Å²) in [5.41, 5.74) is 5.75. The van der Waals surface area contributed by atoms with Crippen LogP contribution in [0.25, 0.3) is 0 Å². The van der Waals surface area contributed by atoms with Gasteiger partial charge in [0.05, 0.1) is 24.1 Å². The lowest BCUT2D eigenvalue weighted by Gasteiger charge is -2.24. The molecule has 3 heteroatoms. The number of hydrogen-bond donors (Lipinski definition) is 1. The number of likely N-dealkylation sites (N-methyl/N-ethyl adjacent to an activating group) is 1. The molecule has 0 fully saturated rings. The van der Waals surface area contributed by atoms with Gasteiger partial charge in [0, 0.05) is 5.69 Å². The fourth-order valence-corrected chi connectivity index (χ4v) is 3.96. The van der Waals surface area contributed by atoms with E-state index in [0.29, 0.717) is 12.1 Å². The normalized spacial score (nSPS) is 24.4. The third-order valence-electron chi connectivity index (χ3n) is 4.93. The average molecular weight is 267 g/mol. The van der Waals surface area contributed by atoms with Crippen LogP contribution in [0, 0.1) is 0 Å². The SMILES string of the molecule is CNC1c2ccccc2CC1n1cnc2c1CCCC2. The molecule has 0 radical (unpaired) electrons. The molecule has 0 amide bonds. The number of imidazole rings is 1. The first kappa shape index (κ1) is 12.2. The minimum atomic E-state index is 0.409. The Bertz CT molecular complexity index is 629. The lowest BCUT2D eigenvalue weighted by Crippen LogP contribution is -2.25. The lowest BCUT2D eigenvalue weighted by atomic mass is 10.00. The van der Waals surface area contributed by atoms with E-state index in [-0.39, 0.29) is 0 Å². The summed E-state index contributed by atoms with van der Waals surface area (Å²) in [6, 6.07) is 9.72. The molecule has 4 rings (SSSR count). The molecule has 1 aromatic heterocycles. The Kier molecular flexibility index (Phi) is 2.88. The zero-order valence-corrected chi connectivity index (χ0v) is 12.0. The summed E-state index contributed by atoms with van der Waals surface area (Å²) in [4.78, 5) is 4.67. The van der Waals surface area contributed by atoms with Crippen LogP contribution in [0.15, 0.2) is 30.6 Å². The second-order valence-corrected chi connectivity index (χ2v) is 5.99. The predicted molar refractivity (Wildman–Crippen MR) is 79.9 cm³/mol. The molecule has 0 saturated heterocycles. The maximum absolute atomic E-state index is 4.67. The van der Waals surface area contributed by atoms with E-state index in [0.717, 1.165) is 12.8 Å². The van der Waals surface area contributed by atoms with Gasteiger partial charge in [0.2, 0.25) is 0 Å². The van der Waals surface area contributed by atoms with Crippen molar-refractivity contribution in [3.8, 4) is 0 Å². The fourth-order valence-electron chi connectivity index (χ4n) is 3.96. The molecule has 2 aliphatic carbocycles. The van der Waals surface area contributed by atoms with E-state index in [4.69, 9.17) is 0 Å². The zero-order valence-electron chi connectivity index (χ0n) is 12.0. The third kappa shape index (κ3) is 1.73. The van der Waals surface area contributed by atoms with Gasteiger partial charge < -0.3 is 9.88 Å². The fraction of sp³-hybridized carbons (Fsp3) is 0.471. The maximum atomic E-state index is 4.67. The Morgan fingerprint density at radius 3 is 2.95 bits per heavy atom. The van der Waals surface area contributed by atoms with Crippen molar-refractivity contribution in [1.82, 2.24) is 14.9 Å². The molecule has 0 bridgehead atoms. The predicted octanol–water partition coefficient (Wildman–Crippen LogP) is 2.82. The summed E-state index contributed by atoms with van der Waals surface area (Å²) in [7, 11) is 2.07. The number of hydrogen-bond acceptors (Lipinski definition) is 2. The van der Waals surface area contributed by atoms with E-state index in [1.807, 2.05) is 0 Å². The van der Waals surface area contributed by atoms with Crippen molar-refractivity contribution in [3.05, 3.63) is 53.1 Å². The largest absolute Gasteiger partial charge is 0.329 e. The Morgan fingerprint density at radius 1 is 1.20 bits per heavy atom. The van der Waals surface area contributed by atoms with Gasteiger partial charge in [-0.1, -0.05) is 24.3 Å². The molecule has 1 N–H and O–H groups in total. The summed E-state index contributed by atoms with van der Waals surface area (Å²) in [5.74, 6) is 0. The highest BCUT2D eigenvalue weighted by Gasteiger charge is 2.34. The summed E-state index contributed by atoms with van der Waals surface area (Å²) in [5, 5.41) is 3.52. The van der Waals surface area contributed by atoms with Crippen LogP contribution >= 0.6 is 0 Å². The van der Waals surface area contributed by atoms with Crippen LogP contribution in [0.3, 0.4) is 0 Å². The van der Waals surface area contributed by atoms with Gasteiger partial charge in [0.25, 0.3) is 0 Å². The molecule has 2 atom stereocenters. The first-order valence-corrected chi connectivity index (χ1v) is 7.68. The number of nitrogens with one attached hydrogen (secondary N) is 1. The molecule has 1 heterocycles. The molecule has 0 spiro atoms. The smallest absolute Gasteiger partial charge is 0.0955 e. The van der Waals surface area contributed by atoms with Crippen LogP contribution in [0.4, 0.5) is 0 Å². The number of aryl methyl sites for hydroxylation is 1. The third-order valence-corrected chi connectivity index (χ3v) is 4.93. The minimum absolute atomic E-state index is 0.409. The molecule has 1 aromatic carbocycles. The second-order valence-electron chi connectivity index (χ2n) is 5.99. The molecular weight excluding hydrogens is 246 g/mol. The quantitative estimate of drug-likeness (QED) is 0.906. The number of nitrogens with zero attached hydrogens (tertiary/aromatic N) is 2. The summed E-state index contributed by atoms with van der Waals surface area (Å²) >= 11 is 0. The molecule has 2 unspecified atom stereocenters. The van der Waals surface area contributed by atoms with Gasteiger partial charge in [-0.05, 0) is 50.3 Å². The van der Waals surface area contributed by atoms with Gasteiger partial charge in [0.1, 0.15) is 0 Å². The van der Waals surface area contributed by atoms with Crippen molar-refractivity contribution in [2.45, 2.75) is 44.2 Å². The Labute approximate surface area is 120 Å². The van der Waals surface area contributed by atoms with E-state index in [9.17, 15) is 0 Å². The number of rotatable bonds is 2. The van der Waals surface area contributed by atoms with E-state index in [2.05, 4.69) is 52.5 Å². The highest BCUT2D eigenvalue weighted by atomic mass is 15.1. The molecule has 104 valence electrons. The minimum Gasteiger partial charge on any atom is -0.329 e. The average Bonchev–Trinajstić information content (AvgIpc) is 3.07. The molecule has 0 aliphatic heterocycles. The number of aromatic nitrogens is 2.